The minimum Gasteiger partial charge on any atom is -0.456 e. The summed E-state index contributed by atoms with van der Waals surface area (Å²) in [5.41, 5.74) is 4.83. The topological polar surface area (TPSA) is 163 Å². The molecule has 0 amide bonds. The van der Waals surface area contributed by atoms with Gasteiger partial charge in [0.2, 0.25) is 11.7 Å². The van der Waals surface area contributed by atoms with E-state index in [1.165, 1.54) is 28.8 Å². The third-order valence-electron chi connectivity index (χ3n) is 4.78. The van der Waals surface area contributed by atoms with Gasteiger partial charge in [-0.3, -0.25) is 23.7 Å². The summed E-state index contributed by atoms with van der Waals surface area (Å²) in [5.74, 6) is -0.637. The first-order chi connectivity index (χ1) is 14.2. The molecule has 4 atom stereocenters. The number of anilines is 1. The molecule has 0 bridgehead atoms. The number of fused-ring (bicyclic) bond motifs is 1. The summed E-state index contributed by atoms with van der Waals surface area (Å²) in [6.07, 6.45) is -2.84. The second-order valence-electron chi connectivity index (χ2n) is 8.98. The molecule has 3 rings (SSSR count). The lowest BCUT2D eigenvalue weighted by atomic mass is 9.97. The number of imidazole rings is 1. The highest BCUT2D eigenvalue weighted by Crippen LogP contribution is 2.39. The molecule has 2 aromatic rings. The molecule has 0 aromatic carbocycles. The number of esters is 1. The van der Waals surface area contributed by atoms with E-state index in [1.807, 2.05) is 0 Å². The lowest BCUT2D eigenvalue weighted by Gasteiger charge is -2.25. The fourth-order valence-electron chi connectivity index (χ4n) is 3.24. The second-order valence-corrected chi connectivity index (χ2v) is 11.7. The molecule has 2 aromatic heterocycles. The van der Waals surface area contributed by atoms with E-state index in [1.54, 1.807) is 27.8 Å². The van der Waals surface area contributed by atoms with E-state index in [4.69, 9.17) is 19.7 Å². The maximum Gasteiger partial charge on any atom is 0.313 e. The van der Waals surface area contributed by atoms with Crippen LogP contribution >= 0.6 is 7.37 Å². The Morgan fingerprint density at radius 2 is 2.10 bits per heavy atom. The Morgan fingerprint density at radius 3 is 2.68 bits per heavy atom. The van der Waals surface area contributed by atoms with Crippen molar-refractivity contribution in [3.8, 4) is 0 Å². The second kappa shape index (κ2) is 8.01. The highest BCUT2D eigenvalue weighted by atomic mass is 31.2. The third kappa shape index (κ3) is 4.82. The molecule has 1 aliphatic heterocycles. The van der Waals surface area contributed by atoms with Crippen LogP contribution in [0, 0.1) is 5.41 Å². The molecule has 3 heterocycles. The molecule has 0 saturated carbocycles. The van der Waals surface area contributed by atoms with Crippen molar-refractivity contribution >= 4 is 30.5 Å². The summed E-state index contributed by atoms with van der Waals surface area (Å²) in [4.78, 5) is 31.4. The van der Waals surface area contributed by atoms with Crippen molar-refractivity contribution in [2.75, 3.05) is 25.7 Å². The zero-order chi connectivity index (χ0) is 23.3. The number of hydrogen-bond donors (Lipinski definition) is 3. The van der Waals surface area contributed by atoms with Gasteiger partial charge in [-0.2, -0.15) is 0 Å². The van der Waals surface area contributed by atoms with Crippen molar-refractivity contribution in [2.24, 2.45) is 12.5 Å². The quantitative estimate of drug-likeness (QED) is 0.315. The number of aryl methyl sites for hydroxylation is 1. The summed E-state index contributed by atoms with van der Waals surface area (Å²) in [6.45, 7) is 7.79. The van der Waals surface area contributed by atoms with E-state index in [0.29, 0.717) is 0 Å². The average Bonchev–Trinajstić information content (AvgIpc) is 3.09. The summed E-state index contributed by atoms with van der Waals surface area (Å²) < 4.78 is 31.9. The number of aromatic nitrogens is 4. The average molecular weight is 458 g/mol. The van der Waals surface area contributed by atoms with Crippen molar-refractivity contribution in [3.05, 3.63) is 16.7 Å². The Balaban J connectivity index is 2.00. The summed E-state index contributed by atoms with van der Waals surface area (Å²) in [5, 5.41) is 11.0. The van der Waals surface area contributed by atoms with Gasteiger partial charge in [-0.15, -0.1) is 0 Å². The Bertz CT molecular complexity index is 1100. The number of aliphatic hydroxyl groups is 1. The lowest BCUT2D eigenvalue weighted by Crippen LogP contribution is -2.47. The van der Waals surface area contributed by atoms with Crippen LogP contribution in [0.4, 0.5) is 5.95 Å². The van der Waals surface area contributed by atoms with Crippen molar-refractivity contribution < 1.29 is 33.0 Å². The molecule has 1 fully saturated rings. The van der Waals surface area contributed by atoms with Crippen LogP contribution in [0.15, 0.2) is 11.1 Å². The van der Waals surface area contributed by atoms with Crippen LogP contribution in [0.2, 0.25) is 0 Å². The number of H-pyrrole nitrogens is 1. The molecule has 0 aliphatic carbocycles. The largest absolute Gasteiger partial charge is 0.456 e. The third-order valence-corrected chi connectivity index (χ3v) is 5.55. The Morgan fingerprint density at radius 1 is 1.45 bits per heavy atom. The molecule has 12 nitrogen and oxygen atoms in total. The van der Waals surface area contributed by atoms with E-state index < -0.39 is 48.9 Å². The summed E-state index contributed by atoms with van der Waals surface area (Å²) in [7, 11) is -1.22. The number of nitrogen functional groups attached to an aromatic ring is 1. The zero-order valence-electron chi connectivity index (χ0n) is 18.4. The summed E-state index contributed by atoms with van der Waals surface area (Å²) in [6, 6.07) is 0. The molecule has 1 aliphatic rings. The number of nitrogens with one attached hydrogen (secondary N) is 1. The van der Waals surface area contributed by atoms with Gasteiger partial charge < -0.3 is 24.8 Å². The standard InChI is InChI=1S/C18H28N5O7P/c1-18(2,3)16(26)30-12-9(7-28-31(5,6)27)29-15(11(12)24)23-8-22(4)10-13(23)20-17(19)21-14(10)25/h8-9,11-12,15,24H,7H2,1-6H3,(H2-,19,20,21,25)/p+1/t9-,11-,12-,15-/m1/s1. The van der Waals surface area contributed by atoms with Crippen molar-refractivity contribution in [2.45, 2.75) is 45.3 Å². The van der Waals surface area contributed by atoms with E-state index in [-0.39, 0.29) is 23.7 Å². The van der Waals surface area contributed by atoms with Crippen LogP contribution in [-0.2, 0) is 30.4 Å². The van der Waals surface area contributed by atoms with Gasteiger partial charge in [-0.1, -0.05) is 4.98 Å². The van der Waals surface area contributed by atoms with E-state index in [2.05, 4.69) is 9.97 Å². The molecule has 0 radical (unpaired) electrons. The number of nitrogens with two attached hydrogens (primary N) is 1. The first-order valence-electron chi connectivity index (χ1n) is 9.69. The lowest BCUT2D eigenvalue weighted by molar-refractivity contribution is -0.745. The zero-order valence-corrected chi connectivity index (χ0v) is 19.3. The van der Waals surface area contributed by atoms with Gasteiger partial charge in [-0.25, -0.2) is 4.57 Å². The van der Waals surface area contributed by atoms with Crippen molar-refractivity contribution in [1.82, 2.24) is 14.5 Å². The van der Waals surface area contributed by atoms with Crippen molar-refractivity contribution in [1.29, 1.82) is 0 Å². The Hall–Kier alpha value is -2.27. The minimum absolute atomic E-state index is 0.0987. The number of rotatable bonds is 5. The predicted molar refractivity (Wildman–Crippen MR) is 111 cm³/mol. The highest BCUT2D eigenvalue weighted by molar-refractivity contribution is 7.57. The number of nitrogens with zero attached hydrogens (tertiary/aromatic N) is 3. The first kappa shape index (κ1) is 23.4. The maximum atomic E-state index is 12.5. The van der Waals surface area contributed by atoms with Gasteiger partial charge in [0.15, 0.2) is 25.9 Å². The molecular formula is C18H29N5O7P+. The van der Waals surface area contributed by atoms with Crippen LogP contribution < -0.4 is 15.9 Å². The summed E-state index contributed by atoms with van der Waals surface area (Å²) >= 11 is 0. The van der Waals surface area contributed by atoms with Crippen LogP contribution in [-0.4, -0.2) is 63.9 Å². The molecule has 13 heteroatoms. The molecule has 0 spiro atoms. The van der Waals surface area contributed by atoms with Gasteiger partial charge in [0, 0.05) is 13.3 Å². The van der Waals surface area contributed by atoms with E-state index in [9.17, 15) is 19.3 Å². The Labute approximate surface area is 178 Å². The van der Waals surface area contributed by atoms with Gasteiger partial charge in [0.05, 0.1) is 19.1 Å². The minimum atomic E-state index is -2.86. The predicted octanol–water partition coefficient (Wildman–Crippen LogP) is -0.0982. The molecule has 172 valence electrons. The fraction of sp³-hybridized carbons (Fsp3) is 0.667. The van der Waals surface area contributed by atoms with E-state index >= 15 is 0 Å². The number of carbonyl (C=O) groups is 1. The molecular weight excluding hydrogens is 429 g/mol. The molecule has 4 N–H and O–H groups in total. The number of aliphatic hydroxyl groups excluding tert-OH is 1. The van der Waals surface area contributed by atoms with Crippen molar-refractivity contribution in [3.63, 3.8) is 0 Å². The smallest absolute Gasteiger partial charge is 0.313 e. The highest BCUT2D eigenvalue weighted by Gasteiger charge is 2.51. The van der Waals surface area contributed by atoms with Gasteiger partial charge in [-0.05, 0) is 20.8 Å². The Kier molecular flexibility index (Phi) is 6.05. The SMILES string of the molecule is Cn1c[n+]([C@@H]2O[C@H](COP(C)(C)=O)[C@@H](OC(=O)C(C)(C)C)[C@H]2O)c2nc(N)[nH]c(=O)c21. The normalized spacial score (nSPS) is 24.6. The monoisotopic (exact) mass is 458 g/mol. The van der Waals surface area contributed by atoms with Crippen LogP contribution in [0.5, 0.6) is 0 Å². The van der Waals surface area contributed by atoms with Crippen LogP contribution in [0.3, 0.4) is 0 Å². The maximum absolute atomic E-state index is 12.5. The number of ether oxygens (including phenoxy) is 2. The van der Waals surface area contributed by atoms with Gasteiger partial charge in [0.25, 0.3) is 11.5 Å². The van der Waals surface area contributed by atoms with Crippen LogP contribution in [0.1, 0.15) is 27.0 Å². The van der Waals surface area contributed by atoms with Gasteiger partial charge >= 0.3 is 11.6 Å². The number of carbonyl (C=O) groups excluding carboxylic acids is 1. The van der Waals surface area contributed by atoms with E-state index in [0.717, 1.165) is 0 Å². The molecule has 1 saturated heterocycles. The first-order valence-corrected chi connectivity index (χ1v) is 12.2. The van der Waals surface area contributed by atoms with Crippen LogP contribution in [0.25, 0.3) is 11.2 Å². The molecule has 0 unspecified atom stereocenters. The molecule has 31 heavy (non-hydrogen) atoms. The number of hydrogen-bond acceptors (Lipinski definition) is 9. The van der Waals surface area contributed by atoms with Gasteiger partial charge in [0.1, 0.15) is 6.10 Å². The number of aromatic amines is 1. The fourth-order valence-corrected chi connectivity index (χ4v) is 3.74.